The van der Waals surface area contributed by atoms with E-state index in [2.05, 4.69) is 15.0 Å². The molecule has 4 heteroatoms. The molecule has 2 heterocycles. The Hall–Kier alpha value is -1.97. The average molecular weight is 173 g/mol. The van der Waals surface area contributed by atoms with Gasteiger partial charge in [0.2, 0.25) is 0 Å². The molecule has 64 valence electrons. The van der Waals surface area contributed by atoms with Crippen molar-refractivity contribution >= 4 is 6.29 Å². The van der Waals surface area contributed by atoms with Gasteiger partial charge in [-0.05, 0) is 12.1 Å². The monoisotopic (exact) mass is 173 g/mol. The van der Waals surface area contributed by atoms with Gasteiger partial charge in [-0.3, -0.25) is 9.78 Å². The van der Waals surface area contributed by atoms with Gasteiger partial charge in [-0.1, -0.05) is 0 Å². The maximum absolute atomic E-state index is 10.4. The molecular formula is C9H7N3O. The molecule has 2 aromatic heterocycles. The van der Waals surface area contributed by atoms with Gasteiger partial charge < -0.3 is 4.98 Å². The first-order valence-electron chi connectivity index (χ1n) is 3.80. The number of nitrogens with zero attached hydrogens (tertiary/aromatic N) is 2. The van der Waals surface area contributed by atoms with E-state index in [0.29, 0.717) is 5.69 Å². The number of aromatic nitrogens is 3. The molecule has 0 fully saturated rings. The smallest absolute Gasteiger partial charge is 0.168 e. The number of H-pyrrole nitrogens is 1. The summed E-state index contributed by atoms with van der Waals surface area (Å²) in [6, 6.07) is 3.53. The number of hydrogen-bond donors (Lipinski definition) is 1. The Morgan fingerprint density at radius 3 is 3.08 bits per heavy atom. The standard InChI is InChI=1S/C9H7N3O/c13-5-8-3-7(1-2-11-8)9-4-10-6-12-9/h1-6H,(H,10,12). The minimum absolute atomic E-state index is 0.423. The van der Waals surface area contributed by atoms with Crippen molar-refractivity contribution in [1.82, 2.24) is 15.0 Å². The highest BCUT2D eigenvalue weighted by atomic mass is 16.1. The Labute approximate surface area is 74.7 Å². The number of aldehydes is 1. The topological polar surface area (TPSA) is 58.6 Å². The number of hydrogen-bond acceptors (Lipinski definition) is 3. The van der Waals surface area contributed by atoms with Crippen molar-refractivity contribution in [1.29, 1.82) is 0 Å². The summed E-state index contributed by atoms with van der Waals surface area (Å²) >= 11 is 0. The predicted octanol–water partition coefficient (Wildman–Crippen LogP) is 1.28. The third-order valence-electron chi connectivity index (χ3n) is 1.71. The molecule has 0 saturated carbocycles. The molecule has 0 unspecified atom stereocenters. The van der Waals surface area contributed by atoms with Crippen LogP contribution in [-0.4, -0.2) is 21.2 Å². The molecule has 2 rings (SSSR count). The van der Waals surface area contributed by atoms with Gasteiger partial charge in [0.15, 0.2) is 6.29 Å². The fourth-order valence-corrected chi connectivity index (χ4v) is 1.09. The van der Waals surface area contributed by atoms with Crippen molar-refractivity contribution in [2.45, 2.75) is 0 Å². The number of carbonyl (C=O) groups is 1. The van der Waals surface area contributed by atoms with Crippen LogP contribution in [0, 0.1) is 0 Å². The SMILES string of the molecule is O=Cc1cc(-c2cnc[nH]2)ccn1. The van der Waals surface area contributed by atoms with E-state index in [0.717, 1.165) is 17.5 Å². The highest BCUT2D eigenvalue weighted by molar-refractivity contribution is 5.75. The van der Waals surface area contributed by atoms with Crippen LogP contribution in [0.2, 0.25) is 0 Å². The summed E-state index contributed by atoms with van der Waals surface area (Å²) in [5.74, 6) is 0. The number of pyridine rings is 1. The van der Waals surface area contributed by atoms with Crippen LogP contribution in [0.15, 0.2) is 30.9 Å². The highest BCUT2D eigenvalue weighted by Gasteiger charge is 1.99. The number of rotatable bonds is 2. The molecule has 0 saturated heterocycles. The van der Waals surface area contributed by atoms with Gasteiger partial charge in [-0.25, -0.2) is 4.98 Å². The molecule has 0 radical (unpaired) electrons. The summed E-state index contributed by atoms with van der Waals surface area (Å²) in [5.41, 5.74) is 2.22. The van der Waals surface area contributed by atoms with Gasteiger partial charge in [0.25, 0.3) is 0 Å². The maximum Gasteiger partial charge on any atom is 0.168 e. The van der Waals surface area contributed by atoms with Crippen LogP contribution in [0.25, 0.3) is 11.3 Å². The van der Waals surface area contributed by atoms with Gasteiger partial charge in [-0.15, -0.1) is 0 Å². The highest BCUT2D eigenvalue weighted by Crippen LogP contribution is 2.14. The average Bonchev–Trinajstić information content (AvgIpc) is 2.71. The van der Waals surface area contributed by atoms with Crippen molar-refractivity contribution in [2.75, 3.05) is 0 Å². The summed E-state index contributed by atoms with van der Waals surface area (Å²) in [4.78, 5) is 21.1. The van der Waals surface area contributed by atoms with Crippen LogP contribution >= 0.6 is 0 Å². The Morgan fingerprint density at radius 1 is 1.46 bits per heavy atom. The molecule has 0 amide bonds. The molecule has 0 atom stereocenters. The second kappa shape index (κ2) is 3.18. The molecule has 2 aromatic rings. The fraction of sp³-hybridized carbons (Fsp3) is 0. The number of imidazole rings is 1. The lowest BCUT2D eigenvalue weighted by molar-refractivity contribution is 0.111. The maximum atomic E-state index is 10.4. The van der Waals surface area contributed by atoms with E-state index in [4.69, 9.17) is 0 Å². The molecule has 13 heavy (non-hydrogen) atoms. The van der Waals surface area contributed by atoms with E-state index < -0.39 is 0 Å². The third kappa shape index (κ3) is 1.46. The first-order valence-corrected chi connectivity index (χ1v) is 3.80. The van der Waals surface area contributed by atoms with Gasteiger partial charge in [0.1, 0.15) is 5.69 Å². The zero-order chi connectivity index (χ0) is 9.10. The molecule has 0 aromatic carbocycles. The van der Waals surface area contributed by atoms with E-state index in [1.165, 1.54) is 0 Å². The molecule has 0 spiro atoms. The lowest BCUT2D eigenvalue weighted by atomic mass is 10.2. The van der Waals surface area contributed by atoms with Crippen LogP contribution in [0.3, 0.4) is 0 Å². The Kier molecular flexibility index (Phi) is 1.88. The molecular weight excluding hydrogens is 166 g/mol. The summed E-state index contributed by atoms with van der Waals surface area (Å²) in [6.45, 7) is 0. The summed E-state index contributed by atoms with van der Waals surface area (Å²) in [6.07, 6.45) is 5.61. The number of aromatic amines is 1. The van der Waals surface area contributed by atoms with Crippen LogP contribution in [0.1, 0.15) is 10.5 Å². The molecule has 4 nitrogen and oxygen atoms in total. The first kappa shape index (κ1) is 7.67. The van der Waals surface area contributed by atoms with E-state index in [9.17, 15) is 4.79 Å². The molecule has 1 N–H and O–H groups in total. The zero-order valence-corrected chi connectivity index (χ0v) is 6.77. The largest absolute Gasteiger partial charge is 0.345 e. The minimum atomic E-state index is 0.423. The van der Waals surface area contributed by atoms with E-state index in [-0.39, 0.29) is 0 Å². The van der Waals surface area contributed by atoms with E-state index >= 15 is 0 Å². The Balaban J connectivity index is 2.47. The second-order valence-corrected chi connectivity index (χ2v) is 2.55. The van der Waals surface area contributed by atoms with Crippen molar-refractivity contribution in [2.24, 2.45) is 0 Å². The Bertz CT molecular complexity index is 409. The van der Waals surface area contributed by atoms with Crippen LogP contribution in [0.4, 0.5) is 0 Å². The molecule has 0 aliphatic rings. The summed E-state index contributed by atoms with van der Waals surface area (Å²) in [7, 11) is 0. The molecule has 0 bridgehead atoms. The summed E-state index contributed by atoms with van der Waals surface area (Å²) in [5, 5.41) is 0. The van der Waals surface area contributed by atoms with Crippen LogP contribution in [0.5, 0.6) is 0 Å². The quantitative estimate of drug-likeness (QED) is 0.696. The predicted molar refractivity (Wildman–Crippen MR) is 47.2 cm³/mol. The minimum Gasteiger partial charge on any atom is -0.345 e. The summed E-state index contributed by atoms with van der Waals surface area (Å²) < 4.78 is 0. The van der Waals surface area contributed by atoms with E-state index in [1.54, 1.807) is 24.8 Å². The van der Waals surface area contributed by atoms with Crippen LogP contribution < -0.4 is 0 Å². The first-order chi connectivity index (χ1) is 6.40. The number of carbonyl (C=O) groups excluding carboxylic acids is 1. The zero-order valence-electron chi connectivity index (χ0n) is 6.77. The van der Waals surface area contributed by atoms with Gasteiger partial charge in [-0.2, -0.15) is 0 Å². The lowest BCUT2D eigenvalue weighted by Gasteiger charge is -1.96. The second-order valence-electron chi connectivity index (χ2n) is 2.55. The molecule has 0 aliphatic carbocycles. The Morgan fingerprint density at radius 2 is 2.38 bits per heavy atom. The van der Waals surface area contributed by atoms with Crippen LogP contribution in [-0.2, 0) is 0 Å². The van der Waals surface area contributed by atoms with Crippen molar-refractivity contribution in [3.05, 3.63) is 36.5 Å². The van der Waals surface area contributed by atoms with Gasteiger partial charge >= 0.3 is 0 Å². The van der Waals surface area contributed by atoms with Crippen molar-refractivity contribution < 1.29 is 4.79 Å². The van der Waals surface area contributed by atoms with Gasteiger partial charge in [0, 0.05) is 11.8 Å². The van der Waals surface area contributed by atoms with Crippen molar-refractivity contribution in [3.63, 3.8) is 0 Å². The number of nitrogens with one attached hydrogen (secondary N) is 1. The van der Waals surface area contributed by atoms with Gasteiger partial charge in [0.05, 0.1) is 18.2 Å². The normalized spacial score (nSPS) is 9.85. The lowest BCUT2D eigenvalue weighted by Crippen LogP contribution is -1.86. The van der Waals surface area contributed by atoms with Crippen molar-refractivity contribution in [3.8, 4) is 11.3 Å². The fourth-order valence-electron chi connectivity index (χ4n) is 1.09. The third-order valence-corrected chi connectivity index (χ3v) is 1.71. The van der Waals surface area contributed by atoms with E-state index in [1.807, 2.05) is 6.07 Å². The molecule has 0 aliphatic heterocycles.